The summed E-state index contributed by atoms with van der Waals surface area (Å²) in [5.74, 6) is -4.66. The highest BCUT2D eigenvalue weighted by molar-refractivity contribution is 5.88. The first kappa shape index (κ1) is 34.3. The van der Waals surface area contributed by atoms with E-state index in [0.29, 0.717) is 5.56 Å². The highest BCUT2D eigenvalue weighted by atomic mass is 16.7. The third-order valence-corrected chi connectivity index (χ3v) is 7.19. The van der Waals surface area contributed by atoms with Crippen molar-refractivity contribution in [1.29, 1.82) is 0 Å². The molecule has 0 aliphatic carbocycles. The van der Waals surface area contributed by atoms with E-state index in [2.05, 4.69) is 0 Å². The van der Waals surface area contributed by atoms with Gasteiger partial charge in [-0.25, -0.2) is 4.79 Å². The molecular weight excluding hydrogens is 648 g/mol. The topological polar surface area (TPSA) is 229 Å². The van der Waals surface area contributed by atoms with Crippen molar-refractivity contribution in [3.8, 4) is 40.1 Å². The molecule has 15 heteroatoms. The average Bonchev–Trinajstić information content (AvgIpc) is 3.03. The van der Waals surface area contributed by atoms with Gasteiger partial charge >= 0.3 is 17.9 Å². The lowest BCUT2D eigenvalue weighted by Gasteiger charge is -2.42. The molecule has 256 valence electrons. The van der Waals surface area contributed by atoms with Crippen molar-refractivity contribution in [3.63, 3.8) is 0 Å². The molecule has 1 saturated heterocycles. The summed E-state index contributed by atoms with van der Waals surface area (Å²) in [5.41, 5.74) is -0.458. The van der Waals surface area contributed by atoms with Crippen LogP contribution in [0, 0.1) is 0 Å². The number of hydrogen-bond acceptors (Lipinski definition) is 15. The highest BCUT2D eigenvalue weighted by Gasteiger charge is 2.51. The molecule has 5 rings (SSSR count). The van der Waals surface area contributed by atoms with Crippen LogP contribution in [-0.4, -0.2) is 80.8 Å². The first-order valence-corrected chi connectivity index (χ1v) is 14.6. The van der Waals surface area contributed by atoms with Crippen molar-refractivity contribution < 1.29 is 68.0 Å². The van der Waals surface area contributed by atoms with Crippen LogP contribution in [-0.2, 0) is 33.3 Å². The predicted molar refractivity (Wildman–Crippen MR) is 167 cm³/mol. The van der Waals surface area contributed by atoms with Crippen molar-refractivity contribution in [2.45, 2.75) is 44.6 Å². The second-order valence-electron chi connectivity index (χ2n) is 10.8. The highest BCUT2D eigenvalue weighted by Crippen LogP contribution is 2.38. The molecule has 5 unspecified atom stereocenters. The van der Waals surface area contributed by atoms with Crippen LogP contribution in [0.25, 0.3) is 28.4 Å². The minimum absolute atomic E-state index is 0.0275. The molecule has 5 atom stereocenters. The Kier molecular flexibility index (Phi) is 10.1. The van der Waals surface area contributed by atoms with Crippen LogP contribution < -0.4 is 10.2 Å². The third kappa shape index (κ3) is 7.91. The first-order chi connectivity index (χ1) is 23.3. The molecule has 1 aromatic heterocycles. The summed E-state index contributed by atoms with van der Waals surface area (Å²) < 4.78 is 33.6. The van der Waals surface area contributed by atoms with Gasteiger partial charge in [-0.05, 0) is 48.0 Å². The number of benzene rings is 3. The van der Waals surface area contributed by atoms with Gasteiger partial charge < -0.3 is 53.6 Å². The Morgan fingerprint density at radius 3 is 2.08 bits per heavy atom. The Bertz CT molecular complexity index is 1950. The normalized spacial score (nSPS) is 20.5. The molecule has 1 aliphatic rings. The molecule has 4 aromatic rings. The number of rotatable bonds is 9. The van der Waals surface area contributed by atoms with E-state index in [9.17, 15) is 44.7 Å². The van der Waals surface area contributed by atoms with Crippen molar-refractivity contribution in [1.82, 2.24) is 0 Å². The second-order valence-corrected chi connectivity index (χ2v) is 10.8. The molecule has 0 bridgehead atoms. The van der Waals surface area contributed by atoms with Gasteiger partial charge in [-0.2, -0.15) is 0 Å². The Hall–Kier alpha value is -6.06. The fourth-order valence-electron chi connectivity index (χ4n) is 5.04. The molecular formula is C34H30O15. The van der Waals surface area contributed by atoms with Gasteiger partial charge in [0.2, 0.25) is 17.5 Å². The smallest absolute Gasteiger partial charge is 0.330 e. The zero-order valence-electron chi connectivity index (χ0n) is 25.8. The van der Waals surface area contributed by atoms with Crippen LogP contribution in [0.15, 0.2) is 76.0 Å². The van der Waals surface area contributed by atoms with E-state index in [-0.39, 0.29) is 28.4 Å². The van der Waals surface area contributed by atoms with Crippen molar-refractivity contribution >= 4 is 35.0 Å². The number of phenolic OH excluding ortho intramolecular Hbond substituents is 4. The van der Waals surface area contributed by atoms with E-state index in [1.54, 1.807) is 12.1 Å². The standard InChI is InChI=1S/C34H30O15/c1-16(35)45-31-25(15-44-26(41)12-5-18-3-8-20(37)9-4-18)48-34(29(43)33(31)46-17(2)36)49-32-28(42)27-23(40)13-22(39)14-24(27)47-30(32)19-6-10-21(38)11-7-19/h3-14,25,29,31,33-34,37-40,43H,15H2,1-2H3/b12-5+. The molecule has 49 heavy (non-hydrogen) atoms. The number of phenols is 4. The molecule has 15 nitrogen and oxygen atoms in total. The van der Waals surface area contributed by atoms with Crippen molar-refractivity contribution in [2.24, 2.45) is 0 Å². The number of aliphatic hydroxyl groups excluding tert-OH is 1. The van der Waals surface area contributed by atoms with Crippen molar-refractivity contribution in [2.75, 3.05) is 6.61 Å². The minimum atomic E-state index is -1.93. The molecule has 0 spiro atoms. The lowest BCUT2D eigenvalue weighted by Crippen LogP contribution is -2.62. The lowest BCUT2D eigenvalue weighted by molar-refractivity contribution is -0.285. The summed E-state index contributed by atoms with van der Waals surface area (Å²) in [6.45, 7) is 1.46. The number of hydrogen-bond donors (Lipinski definition) is 5. The van der Waals surface area contributed by atoms with Crippen LogP contribution in [0.5, 0.6) is 28.7 Å². The molecule has 0 radical (unpaired) electrons. The summed E-state index contributed by atoms with van der Waals surface area (Å²) in [4.78, 5) is 50.6. The van der Waals surface area contributed by atoms with E-state index in [1.807, 2.05) is 0 Å². The zero-order valence-corrected chi connectivity index (χ0v) is 25.8. The quantitative estimate of drug-likeness (QED) is 0.0974. The largest absolute Gasteiger partial charge is 0.508 e. The number of fused-ring (bicyclic) bond motifs is 1. The Balaban J connectivity index is 1.52. The molecule has 5 N–H and O–H groups in total. The van der Waals surface area contributed by atoms with E-state index in [1.165, 1.54) is 42.5 Å². The number of esters is 3. The maximum absolute atomic E-state index is 13.8. The summed E-state index contributed by atoms with van der Waals surface area (Å²) in [7, 11) is 0. The summed E-state index contributed by atoms with van der Waals surface area (Å²) in [6, 6.07) is 13.2. The number of ether oxygens (including phenoxy) is 5. The number of aromatic hydroxyl groups is 4. The lowest BCUT2D eigenvalue weighted by atomic mass is 9.98. The maximum atomic E-state index is 13.8. The van der Waals surface area contributed by atoms with Crippen LogP contribution in [0.2, 0.25) is 0 Å². The average molecular weight is 679 g/mol. The van der Waals surface area contributed by atoms with E-state index >= 15 is 0 Å². The zero-order chi connectivity index (χ0) is 35.4. The first-order valence-electron chi connectivity index (χ1n) is 14.6. The number of carbonyl (C=O) groups excluding carboxylic acids is 3. The van der Waals surface area contributed by atoms with Crippen LogP contribution in [0.1, 0.15) is 19.4 Å². The molecule has 2 heterocycles. The van der Waals surface area contributed by atoms with Crippen LogP contribution in [0.3, 0.4) is 0 Å². The Morgan fingerprint density at radius 2 is 1.45 bits per heavy atom. The third-order valence-electron chi connectivity index (χ3n) is 7.19. The van der Waals surface area contributed by atoms with E-state index < -0.39 is 83.3 Å². The molecule has 0 saturated carbocycles. The number of aliphatic hydroxyl groups is 1. The summed E-state index contributed by atoms with van der Waals surface area (Å²) >= 11 is 0. The fraction of sp³-hybridized carbons (Fsp3) is 0.235. The molecule has 1 fully saturated rings. The SMILES string of the molecule is CC(=O)OC1C(COC(=O)/C=C/c2ccc(O)cc2)OC(Oc2c(-c3ccc(O)cc3)oc3cc(O)cc(O)c3c2=O)C(O)C1OC(C)=O. The van der Waals surface area contributed by atoms with Crippen LogP contribution >= 0.6 is 0 Å². The van der Waals surface area contributed by atoms with Gasteiger partial charge in [0.1, 0.15) is 46.7 Å². The van der Waals surface area contributed by atoms with Gasteiger partial charge in [0.15, 0.2) is 24.1 Å². The van der Waals surface area contributed by atoms with Gasteiger partial charge in [0, 0.05) is 37.6 Å². The predicted octanol–water partition coefficient (Wildman–Crippen LogP) is 2.87. The summed E-state index contributed by atoms with van der Waals surface area (Å²) in [5, 5.41) is 50.7. The maximum Gasteiger partial charge on any atom is 0.330 e. The Morgan fingerprint density at radius 1 is 0.837 bits per heavy atom. The van der Waals surface area contributed by atoms with Crippen LogP contribution in [0.4, 0.5) is 0 Å². The minimum Gasteiger partial charge on any atom is -0.508 e. The van der Waals surface area contributed by atoms with Gasteiger partial charge in [-0.15, -0.1) is 0 Å². The monoisotopic (exact) mass is 678 g/mol. The second kappa shape index (κ2) is 14.4. The van der Waals surface area contributed by atoms with Gasteiger partial charge in [-0.1, -0.05) is 12.1 Å². The van der Waals surface area contributed by atoms with E-state index in [4.69, 9.17) is 28.1 Å². The Labute approximate surface area is 276 Å². The summed E-state index contributed by atoms with van der Waals surface area (Å²) in [6.07, 6.45) is -5.94. The van der Waals surface area contributed by atoms with Crippen molar-refractivity contribution in [3.05, 3.63) is 82.5 Å². The number of carbonyl (C=O) groups is 3. The fourth-order valence-corrected chi connectivity index (χ4v) is 5.04. The van der Waals surface area contributed by atoms with Gasteiger partial charge in [0.05, 0.1) is 0 Å². The van der Waals surface area contributed by atoms with E-state index in [0.717, 1.165) is 32.1 Å². The van der Waals surface area contributed by atoms with Gasteiger partial charge in [0.25, 0.3) is 0 Å². The molecule has 0 amide bonds. The molecule has 1 aliphatic heterocycles. The molecule has 3 aromatic carbocycles. The van der Waals surface area contributed by atoms with Gasteiger partial charge in [-0.3, -0.25) is 14.4 Å².